The molecular formula is C11H15BrN2O. The second kappa shape index (κ2) is 5.16. The molecule has 0 aromatic heterocycles. The number of nitrogens with one attached hydrogen (secondary N) is 1. The van der Waals surface area contributed by atoms with Gasteiger partial charge in [-0.1, -0.05) is 15.9 Å². The smallest absolute Gasteiger partial charge is 0.237 e. The van der Waals surface area contributed by atoms with E-state index in [0.29, 0.717) is 0 Å². The van der Waals surface area contributed by atoms with Crippen LogP contribution in [0.1, 0.15) is 6.92 Å². The van der Waals surface area contributed by atoms with E-state index < -0.39 is 0 Å². The van der Waals surface area contributed by atoms with Crippen molar-refractivity contribution in [3.05, 3.63) is 24.3 Å². The van der Waals surface area contributed by atoms with Crippen LogP contribution < -0.4 is 10.2 Å². The first-order chi connectivity index (χ1) is 7.00. The molecule has 0 spiro atoms. The Labute approximate surface area is 98.6 Å². The van der Waals surface area contributed by atoms with Crippen molar-refractivity contribution in [2.45, 2.75) is 11.8 Å². The van der Waals surface area contributed by atoms with Crippen LogP contribution in [0.2, 0.25) is 0 Å². The Bertz CT molecular complexity index is 333. The number of nitrogens with zero attached hydrogens (tertiary/aromatic N) is 1. The minimum Gasteiger partial charge on any atom is -0.378 e. The van der Waals surface area contributed by atoms with Gasteiger partial charge in [-0.2, -0.15) is 0 Å². The quantitative estimate of drug-likeness (QED) is 0.856. The summed E-state index contributed by atoms with van der Waals surface area (Å²) in [7, 11) is 3.96. The van der Waals surface area contributed by atoms with Crippen LogP contribution in [0, 0.1) is 0 Å². The number of hydrogen-bond acceptors (Lipinski definition) is 2. The van der Waals surface area contributed by atoms with Crippen molar-refractivity contribution in [3.8, 4) is 0 Å². The van der Waals surface area contributed by atoms with Crippen LogP contribution in [0.3, 0.4) is 0 Å². The molecule has 0 fully saturated rings. The third-order valence-electron chi connectivity index (χ3n) is 2.01. The summed E-state index contributed by atoms with van der Waals surface area (Å²) in [5.74, 6) is -0.0346. The van der Waals surface area contributed by atoms with Gasteiger partial charge in [-0.25, -0.2) is 0 Å². The number of amides is 1. The maximum Gasteiger partial charge on any atom is 0.237 e. The molecule has 1 aromatic rings. The van der Waals surface area contributed by atoms with Crippen molar-refractivity contribution in [1.29, 1.82) is 0 Å². The summed E-state index contributed by atoms with van der Waals surface area (Å²) in [6, 6.07) is 7.72. The summed E-state index contributed by atoms with van der Waals surface area (Å²) in [4.78, 5) is 13.2. The summed E-state index contributed by atoms with van der Waals surface area (Å²) in [5.41, 5.74) is 1.93. The molecule has 0 aliphatic heterocycles. The summed E-state index contributed by atoms with van der Waals surface area (Å²) >= 11 is 3.21. The number of hydrogen-bond donors (Lipinski definition) is 1. The zero-order chi connectivity index (χ0) is 11.4. The fourth-order valence-electron chi connectivity index (χ4n) is 1.08. The third kappa shape index (κ3) is 3.55. The highest BCUT2D eigenvalue weighted by Gasteiger charge is 2.08. The first-order valence-electron chi connectivity index (χ1n) is 4.73. The van der Waals surface area contributed by atoms with Gasteiger partial charge in [0.2, 0.25) is 5.91 Å². The molecule has 3 nitrogen and oxygen atoms in total. The molecule has 0 aliphatic carbocycles. The van der Waals surface area contributed by atoms with Gasteiger partial charge in [-0.15, -0.1) is 0 Å². The van der Waals surface area contributed by atoms with Crippen LogP contribution in [0.5, 0.6) is 0 Å². The number of carbonyl (C=O) groups is 1. The highest BCUT2D eigenvalue weighted by atomic mass is 79.9. The molecule has 1 rings (SSSR count). The molecule has 0 saturated carbocycles. The molecule has 15 heavy (non-hydrogen) atoms. The van der Waals surface area contributed by atoms with E-state index >= 15 is 0 Å². The predicted molar refractivity (Wildman–Crippen MR) is 67.8 cm³/mol. The third-order valence-corrected chi connectivity index (χ3v) is 2.43. The zero-order valence-corrected chi connectivity index (χ0v) is 10.7. The molecule has 0 saturated heterocycles. The largest absolute Gasteiger partial charge is 0.378 e. The van der Waals surface area contributed by atoms with E-state index in [0.717, 1.165) is 11.4 Å². The second-order valence-electron chi connectivity index (χ2n) is 3.55. The lowest BCUT2D eigenvalue weighted by molar-refractivity contribution is -0.115. The topological polar surface area (TPSA) is 32.3 Å². The number of anilines is 2. The second-order valence-corrected chi connectivity index (χ2v) is 4.92. The molecule has 1 N–H and O–H groups in total. The number of halogens is 1. The van der Waals surface area contributed by atoms with Gasteiger partial charge in [0.05, 0.1) is 4.83 Å². The zero-order valence-electron chi connectivity index (χ0n) is 9.12. The van der Waals surface area contributed by atoms with Crippen LogP contribution in [-0.4, -0.2) is 24.8 Å². The van der Waals surface area contributed by atoms with Crippen LogP contribution in [0.4, 0.5) is 11.4 Å². The lowest BCUT2D eigenvalue weighted by atomic mass is 10.2. The van der Waals surface area contributed by atoms with Gasteiger partial charge in [-0.3, -0.25) is 4.79 Å². The standard InChI is InChI=1S/C11H15BrN2O/c1-8(12)11(15)13-9-4-6-10(7-5-9)14(2)3/h4-8H,1-3H3,(H,13,15). The molecular weight excluding hydrogens is 256 g/mol. The Balaban J connectivity index is 2.69. The molecule has 0 aliphatic rings. The van der Waals surface area contributed by atoms with Gasteiger partial charge in [0.1, 0.15) is 0 Å². The summed E-state index contributed by atoms with van der Waals surface area (Å²) in [5, 5.41) is 2.80. The van der Waals surface area contributed by atoms with E-state index in [1.165, 1.54) is 0 Å². The molecule has 1 amide bonds. The Hall–Kier alpha value is -1.03. The first-order valence-corrected chi connectivity index (χ1v) is 5.64. The lowest BCUT2D eigenvalue weighted by Crippen LogP contribution is -2.19. The van der Waals surface area contributed by atoms with Crippen molar-refractivity contribution in [1.82, 2.24) is 0 Å². The summed E-state index contributed by atoms with van der Waals surface area (Å²) < 4.78 is 0. The van der Waals surface area contributed by atoms with E-state index in [1.807, 2.05) is 43.3 Å². The molecule has 0 heterocycles. The number of alkyl halides is 1. The van der Waals surface area contributed by atoms with Gasteiger partial charge in [0.25, 0.3) is 0 Å². The number of benzene rings is 1. The normalized spacial score (nSPS) is 12.0. The highest BCUT2D eigenvalue weighted by Crippen LogP contribution is 2.16. The lowest BCUT2D eigenvalue weighted by Gasteiger charge is -2.13. The van der Waals surface area contributed by atoms with Gasteiger partial charge >= 0.3 is 0 Å². The summed E-state index contributed by atoms with van der Waals surface area (Å²) in [6.45, 7) is 1.80. The first kappa shape index (κ1) is 12.0. The molecule has 82 valence electrons. The van der Waals surface area contributed by atoms with E-state index in [2.05, 4.69) is 21.2 Å². The molecule has 1 unspecified atom stereocenters. The molecule has 1 atom stereocenters. The van der Waals surface area contributed by atoms with E-state index in [1.54, 1.807) is 6.92 Å². The maximum absolute atomic E-state index is 11.4. The van der Waals surface area contributed by atoms with Crippen molar-refractivity contribution in [3.63, 3.8) is 0 Å². The van der Waals surface area contributed by atoms with E-state index in [-0.39, 0.29) is 10.7 Å². The average molecular weight is 271 g/mol. The molecule has 4 heteroatoms. The van der Waals surface area contributed by atoms with Gasteiger partial charge in [-0.05, 0) is 31.2 Å². The fraction of sp³-hybridized carbons (Fsp3) is 0.364. The molecule has 1 aromatic carbocycles. The Morgan fingerprint density at radius 2 is 1.87 bits per heavy atom. The monoisotopic (exact) mass is 270 g/mol. The highest BCUT2D eigenvalue weighted by molar-refractivity contribution is 9.10. The van der Waals surface area contributed by atoms with Gasteiger partial charge in [0, 0.05) is 25.5 Å². The van der Waals surface area contributed by atoms with Crippen molar-refractivity contribution >= 4 is 33.2 Å². The van der Waals surface area contributed by atoms with E-state index in [9.17, 15) is 4.79 Å². The molecule has 0 bridgehead atoms. The van der Waals surface area contributed by atoms with Gasteiger partial charge in [0.15, 0.2) is 0 Å². The Morgan fingerprint density at radius 1 is 1.33 bits per heavy atom. The maximum atomic E-state index is 11.4. The average Bonchev–Trinajstić information content (AvgIpc) is 2.18. The minimum absolute atomic E-state index is 0.0346. The van der Waals surface area contributed by atoms with Gasteiger partial charge < -0.3 is 10.2 Å². The minimum atomic E-state index is -0.175. The van der Waals surface area contributed by atoms with Crippen molar-refractivity contribution in [2.24, 2.45) is 0 Å². The Morgan fingerprint density at radius 3 is 2.27 bits per heavy atom. The number of carbonyl (C=O) groups excluding carboxylic acids is 1. The van der Waals surface area contributed by atoms with E-state index in [4.69, 9.17) is 0 Å². The molecule has 0 radical (unpaired) electrons. The fourth-order valence-corrected chi connectivity index (χ4v) is 1.20. The van der Waals surface area contributed by atoms with Crippen LogP contribution in [0.25, 0.3) is 0 Å². The Kier molecular flexibility index (Phi) is 4.15. The summed E-state index contributed by atoms with van der Waals surface area (Å²) in [6.07, 6.45) is 0. The van der Waals surface area contributed by atoms with Crippen LogP contribution >= 0.6 is 15.9 Å². The SMILES string of the molecule is CC(Br)C(=O)Nc1ccc(N(C)C)cc1. The van der Waals surface area contributed by atoms with Crippen LogP contribution in [-0.2, 0) is 4.79 Å². The van der Waals surface area contributed by atoms with Crippen molar-refractivity contribution in [2.75, 3.05) is 24.3 Å². The number of rotatable bonds is 3. The van der Waals surface area contributed by atoms with Crippen molar-refractivity contribution < 1.29 is 4.79 Å². The van der Waals surface area contributed by atoms with Crippen LogP contribution in [0.15, 0.2) is 24.3 Å². The predicted octanol–water partition coefficient (Wildman–Crippen LogP) is 2.47.